The fourth-order valence-electron chi connectivity index (χ4n) is 3.70. The molecule has 0 aliphatic carbocycles. The molecule has 1 aromatic heterocycles. The van der Waals surface area contributed by atoms with Crippen LogP contribution in [-0.2, 0) is 17.8 Å². The zero-order valence-corrected chi connectivity index (χ0v) is 21.3. The third-order valence-electron chi connectivity index (χ3n) is 5.66. The van der Waals surface area contributed by atoms with Crippen LogP contribution in [0, 0.1) is 6.92 Å². The van der Waals surface area contributed by atoms with Crippen molar-refractivity contribution in [1.82, 2.24) is 9.80 Å². The molecule has 0 saturated carbocycles. The third kappa shape index (κ3) is 7.20. The third-order valence-corrected chi connectivity index (χ3v) is 6.52. The zero-order chi connectivity index (χ0) is 25.2. The van der Waals surface area contributed by atoms with E-state index in [9.17, 15) is 9.59 Å². The number of hydrogen-bond donors (Lipinski definition) is 0. The van der Waals surface area contributed by atoms with Crippen molar-refractivity contribution in [2.45, 2.75) is 19.9 Å². The van der Waals surface area contributed by atoms with E-state index in [1.807, 2.05) is 54.8 Å². The second-order valence-corrected chi connectivity index (χ2v) is 9.21. The Bertz CT molecular complexity index is 1130. The minimum atomic E-state index is -0.186. The van der Waals surface area contributed by atoms with E-state index in [0.29, 0.717) is 43.1 Å². The highest BCUT2D eigenvalue weighted by atomic mass is 32.1. The zero-order valence-electron chi connectivity index (χ0n) is 20.5. The first-order chi connectivity index (χ1) is 16.9. The molecule has 35 heavy (non-hydrogen) atoms. The van der Waals surface area contributed by atoms with Crippen LogP contribution in [0.5, 0.6) is 11.5 Å². The molecular weight excluding hydrogens is 460 g/mol. The summed E-state index contributed by atoms with van der Waals surface area (Å²) >= 11 is 1.61. The first-order valence-corrected chi connectivity index (χ1v) is 12.3. The van der Waals surface area contributed by atoms with Crippen molar-refractivity contribution in [3.8, 4) is 11.5 Å². The van der Waals surface area contributed by atoms with Gasteiger partial charge in [0, 0.05) is 23.5 Å². The number of benzene rings is 2. The van der Waals surface area contributed by atoms with Crippen molar-refractivity contribution in [2.24, 2.45) is 0 Å². The van der Waals surface area contributed by atoms with E-state index >= 15 is 0 Å². The second kappa shape index (κ2) is 12.8. The van der Waals surface area contributed by atoms with Gasteiger partial charge < -0.3 is 19.3 Å². The molecule has 7 heteroatoms. The summed E-state index contributed by atoms with van der Waals surface area (Å²) in [6.07, 6.45) is 2.29. The number of carbonyl (C=O) groups excluding carboxylic acids is 2. The largest absolute Gasteiger partial charge is 0.493 e. The van der Waals surface area contributed by atoms with E-state index in [4.69, 9.17) is 9.47 Å². The fraction of sp³-hybridized carbons (Fsp3) is 0.286. The highest BCUT2D eigenvalue weighted by molar-refractivity contribution is 7.09. The molecule has 0 atom stereocenters. The summed E-state index contributed by atoms with van der Waals surface area (Å²) in [6, 6.07) is 17.1. The van der Waals surface area contributed by atoms with Crippen molar-refractivity contribution in [2.75, 3.05) is 33.9 Å². The van der Waals surface area contributed by atoms with Gasteiger partial charge in [-0.1, -0.05) is 35.9 Å². The van der Waals surface area contributed by atoms with Crippen LogP contribution in [0.2, 0.25) is 0 Å². The van der Waals surface area contributed by atoms with Crippen molar-refractivity contribution < 1.29 is 19.1 Å². The fourth-order valence-corrected chi connectivity index (χ4v) is 4.42. The lowest BCUT2D eigenvalue weighted by Gasteiger charge is -2.27. The van der Waals surface area contributed by atoms with E-state index in [0.717, 1.165) is 16.0 Å². The highest BCUT2D eigenvalue weighted by Crippen LogP contribution is 2.28. The lowest BCUT2D eigenvalue weighted by atomic mass is 10.1. The smallest absolute Gasteiger partial charge is 0.254 e. The van der Waals surface area contributed by atoms with Gasteiger partial charge in [-0.25, -0.2) is 0 Å². The number of nitrogens with zero attached hydrogens (tertiary/aromatic N) is 2. The summed E-state index contributed by atoms with van der Waals surface area (Å²) in [5.41, 5.74) is 2.66. The number of aryl methyl sites for hydroxylation is 1. The molecular formula is C28H32N2O4S. The SMILES string of the molecule is C=CCN(CC(=O)N(CCc1ccc(OC)c(OC)c1)Cc1cccs1)C(=O)c1ccc(C)cc1. The Labute approximate surface area is 211 Å². The molecule has 184 valence electrons. The van der Waals surface area contributed by atoms with Gasteiger partial charge in [0.1, 0.15) is 6.54 Å². The van der Waals surface area contributed by atoms with Gasteiger partial charge in [0.15, 0.2) is 11.5 Å². The van der Waals surface area contributed by atoms with Crippen molar-refractivity contribution in [3.05, 3.63) is 94.2 Å². The van der Waals surface area contributed by atoms with Crippen LogP contribution < -0.4 is 9.47 Å². The Kier molecular flexibility index (Phi) is 9.49. The second-order valence-electron chi connectivity index (χ2n) is 8.17. The summed E-state index contributed by atoms with van der Waals surface area (Å²) in [5, 5.41) is 2.00. The van der Waals surface area contributed by atoms with Crippen molar-refractivity contribution in [1.29, 1.82) is 0 Å². The molecule has 0 radical (unpaired) electrons. The number of ether oxygens (including phenoxy) is 2. The molecule has 0 aliphatic heterocycles. The monoisotopic (exact) mass is 492 g/mol. The van der Waals surface area contributed by atoms with E-state index in [1.165, 1.54) is 4.90 Å². The van der Waals surface area contributed by atoms with Crippen LogP contribution in [0.4, 0.5) is 0 Å². The quantitative estimate of drug-likeness (QED) is 0.335. The molecule has 3 aromatic rings. The minimum absolute atomic E-state index is 0.0178. The molecule has 2 aromatic carbocycles. The predicted molar refractivity (Wildman–Crippen MR) is 140 cm³/mol. The van der Waals surface area contributed by atoms with Crippen LogP contribution >= 0.6 is 11.3 Å². The first-order valence-electron chi connectivity index (χ1n) is 11.4. The molecule has 0 N–H and O–H groups in total. The van der Waals surface area contributed by atoms with Gasteiger partial charge in [-0.2, -0.15) is 0 Å². The van der Waals surface area contributed by atoms with Crippen molar-refractivity contribution in [3.63, 3.8) is 0 Å². The van der Waals surface area contributed by atoms with Crippen LogP contribution in [0.1, 0.15) is 26.4 Å². The average Bonchev–Trinajstić information content (AvgIpc) is 3.39. The maximum atomic E-state index is 13.4. The summed E-state index contributed by atoms with van der Waals surface area (Å²) in [6.45, 7) is 7.02. The van der Waals surface area contributed by atoms with Crippen LogP contribution in [-0.4, -0.2) is 55.5 Å². The average molecular weight is 493 g/mol. The molecule has 0 spiro atoms. The molecule has 2 amide bonds. The molecule has 0 aliphatic rings. The van der Waals surface area contributed by atoms with Gasteiger partial charge >= 0.3 is 0 Å². The molecule has 1 heterocycles. The lowest BCUT2D eigenvalue weighted by Crippen LogP contribution is -2.43. The van der Waals surface area contributed by atoms with E-state index in [1.54, 1.807) is 48.7 Å². The van der Waals surface area contributed by atoms with Crippen LogP contribution in [0.25, 0.3) is 0 Å². The molecule has 0 unspecified atom stereocenters. The number of methoxy groups -OCH3 is 2. The number of hydrogen-bond acceptors (Lipinski definition) is 5. The molecule has 0 bridgehead atoms. The Hall–Kier alpha value is -3.58. The Balaban J connectivity index is 1.75. The Morgan fingerprint density at radius 3 is 2.37 bits per heavy atom. The number of carbonyl (C=O) groups is 2. The summed E-state index contributed by atoms with van der Waals surface area (Å²) in [4.78, 5) is 31.0. The standard InChI is InChI=1S/C28H32N2O4S/c1-5-15-30(28(32)23-11-8-21(2)9-12-23)20-27(31)29(19-24-7-6-17-35-24)16-14-22-10-13-25(33-3)26(18-22)34-4/h5-13,17-18H,1,14-16,19-20H2,2-4H3. The van der Waals surface area contributed by atoms with Crippen molar-refractivity contribution >= 4 is 23.2 Å². The summed E-state index contributed by atoms with van der Waals surface area (Å²) in [5.74, 6) is 1.02. The molecule has 0 saturated heterocycles. The van der Waals surface area contributed by atoms with Gasteiger partial charge in [-0.3, -0.25) is 9.59 Å². The highest BCUT2D eigenvalue weighted by Gasteiger charge is 2.22. The lowest BCUT2D eigenvalue weighted by molar-refractivity contribution is -0.132. The Morgan fingerprint density at radius 1 is 1.00 bits per heavy atom. The molecule has 6 nitrogen and oxygen atoms in total. The van der Waals surface area contributed by atoms with E-state index < -0.39 is 0 Å². The molecule has 3 rings (SSSR count). The number of amides is 2. The number of thiophene rings is 1. The van der Waals surface area contributed by atoms with Gasteiger partial charge in [-0.15, -0.1) is 17.9 Å². The maximum absolute atomic E-state index is 13.4. The topological polar surface area (TPSA) is 59.1 Å². The van der Waals surface area contributed by atoms with E-state index in [-0.39, 0.29) is 18.4 Å². The summed E-state index contributed by atoms with van der Waals surface area (Å²) < 4.78 is 10.7. The van der Waals surface area contributed by atoms with Gasteiger partial charge in [-0.05, 0) is 54.6 Å². The van der Waals surface area contributed by atoms with Gasteiger partial charge in [0.2, 0.25) is 5.91 Å². The number of rotatable bonds is 12. The summed E-state index contributed by atoms with van der Waals surface area (Å²) in [7, 11) is 3.21. The predicted octanol–water partition coefficient (Wildman–Crippen LogP) is 4.97. The minimum Gasteiger partial charge on any atom is -0.493 e. The van der Waals surface area contributed by atoms with Crippen LogP contribution in [0.15, 0.2) is 72.6 Å². The van der Waals surface area contributed by atoms with E-state index in [2.05, 4.69) is 6.58 Å². The Morgan fingerprint density at radius 2 is 1.74 bits per heavy atom. The van der Waals surface area contributed by atoms with Gasteiger partial charge in [0.05, 0.1) is 20.8 Å². The van der Waals surface area contributed by atoms with Gasteiger partial charge in [0.25, 0.3) is 5.91 Å². The van der Waals surface area contributed by atoms with Crippen LogP contribution in [0.3, 0.4) is 0 Å². The molecule has 0 fully saturated rings. The normalized spacial score (nSPS) is 10.5. The first kappa shape index (κ1) is 26.0. The maximum Gasteiger partial charge on any atom is 0.254 e.